The Morgan fingerprint density at radius 1 is 1.00 bits per heavy atom. The summed E-state index contributed by atoms with van der Waals surface area (Å²) in [6.07, 6.45) is 0.876. The summed E-state index contributed by atoms with van der Waals surface area (Å²) in [5.74, 6) is 0.854. The van der Waals surface area contributed by atoms with Gasteiger partial charge in [-0.3, -0.25) is 0 Å². The zero-order valence-electron chi connectivity index (χ0n) is 13.4. The number of rotatable bonds is 5. The summed E-state index contributed by atoms with van der Waals surface area (Å²) in [5, 5.41) is 0. The summed E-state index contributed by atoms with van der Waals surface area (Å²) in [4.78, 5) is 0. The Morgan fingerprint density at radius 3 is 1.95 bits per heavy atom. The van der Waals surface area contributed by atoms with Gasteiger partial charge in [0.1, 0.15) is 5.75 Å². The predicted molar refractivity (Wildman–Crippen MR) is 80.7 cm³/mol. The molecule has 0 amide bonds. The molecule has 0 saturated carbocycles. The van der Waals surface area contributed by atoms with E-state index in [2.05, 4.69) is 32.9 Å². The summed E-state index contributed by atoms with van der Waals surface area (Å²) in [6.45, 7) is 14.7. The van der Waals surface area contributed by atoms with Gasteiger partial charge in [0.25, 0.3) is 0 Å². The maximum Gasteiger partial charge on any atom is 0.197 e. The predicted octanol–water partition coefficient (Wildman–Crippen LogP) is 4.91. The normalized spacial score (nSPS) is 14.3. The number of benzene rings is 1. The molecule has 2 heteroatoms. The highest BCUT2D eigenvalue weighted by Gasteiger charge is 2.19. The summed E-state index contributed by atoms with van der Waals surface area (Å²) in [6, 6.07) is 8.33. The summed E-state index contributed by atoms with van der Waals surface area (Å²) >= 11 is 0. The highest BCUT2D eigenvalue weighted by Crippen LogP contribution is 2.28. The first-order valence-electron chi connectivity index (χ1n) is 7.09. The van der Waals surface area contributed by atoms with E-state index in [1.54, 1.807) is 0 Å². The lowest BCUT2D eigenvalue weighted by molar-refractivity contribution is -0.140. The van der Waals surface area contributed by atoms with Gasteiger partial charge >= 0.3 is 0 Å². The van der Waals surface area contributed by atoms with Crippen LogP contribution in [0, 0.1) is 0 Å². The van der Waals surface area contributed by atoms with Crippen molar-refractivity contribution in [3.63, 3.8) is 0 Å². The molecule has 0 heterocycles. The molecule has 1 rings (SSSR count). The number of hydrogen-bond donors (Lipinski definition) is 0. The average molecular weight is 264 g/mol. The molecule has 0 aliphatic carbocycles. The van der Waals surface area contributed by atoms with Gasteiger partial charge in [-0.1, -0.05) is 32.9 Å². The molecule has 0 aliphatic rings. The van der Waals surface area contributed by atoms with Gasteiger partial charge < -0.3 is 9.47 Å². The van der Waals surface area contributed by atoms with Crippen LogP contribution in [-0.2, 0) is 10.2 Å². The molecule has 1 atom stereocenters. The molecule has 0 N–H and O–H groups in total. The summed E-state index contributed by atoms with van der Waals surface area (Å²) in [5.41, 5.74) is 1.36. The van der Waals surface area contributed by atoms with E-state index in [1.165, 1.54) is 5.56 Å². The van der Waals surface area contributed by atoms with Crippen LogP contribution in [-0.4, -0.2) is 11.9 Å². The van der Waals surface area contributed by atoms with Crippen molar-refractivity contribution in [2.45, 2.75) is 72.2 Å². The zero-order chi connectivity index (χ0) is 14.7. The SMILES string of the molecule is CCC(C)(C)c1ccc(OC(C)OC(C)(C)C)cc1. The van der Waals surface area contributed by atoms with Crippen molar-refractivity contribution in [3.05, 3.63) is 29.8 Å². The molecular formula is C17H28O2. The molecule has 0 bridgehead atoms. The lowest BCUT2D eigenvalue weighted by atomic mass is 9.82. The molecule has 0 aliphatic heterocycles. The molecule has 0 spiro atoms. The van der Waals surface area contributed by atoms with Crippen molar-refractivity contribution in [1.82, 2.24) is 0 Å². The van der Waals surface area contributed by atoms with Gasteiger partial charge in [0.2, 0.25) is 0 Å². The Morgan fingerprint density at radius 2 is 1.53 bits per heavy atom. The van der Waals surface area contributed by atoms with Gasteiger partial charge in [0.05, 0.1) is 5.60 Å². The average Bonchev–Trinajstić information content (AvgIpc) is 2.27. The molecule has 0 fully saturated rings. The minimum atomic E-state index is -0.245. The fourth-order valence-corrected chi connectivity index (χ4v) is 1.90. The van der Waals surface area contributed by atoms with Crippen molar-refractivity contribution < 1.29 is 9.47 Å². The van der Waals surface area contributed by atoms with Crippen LogP contribution in [0.1, 0.15) is 60.5 Å². The maximum atomic E-state index is 5.77. The van der Waals surface area contributed by atoms with Crippen LogP contribution < -0.4 is 4.74 Å². The smallest absolute Gasteiger partial charge is 0.197 e. The zero-order valence-corrected chi connectivity index (χ0v) is 13.4. The summed E-state index contributed by atoms with van der Waals surface area (Å²) < 4.78 is 11.5. The van der Waals surface area contributed by atoms with Crippen LogP contribution in [0.3, 0.4) is 0 Å². The lowest BCUT2D eigenvalue weighted by Crippen LogP contribution is -2.29. The number of hydrogen-bond acceptors (Lipinski definition) is 2. The van der Waals surface area contributed by atoms with E-state index in [1.807, 2.05) is 39.8 Å². The Kier molecular flexibility index (Phi) is 5.03. The Hall–Kier alpha value is -1.02. The van der Waals surface area contributed by atoms with E-state index in [-0.39, 0.29) is 17.3 Å². The van der Waals surface area contributed by atoms with E-state index >= 15 is 0 Å². The molecule has 0 aromatic heterocycles. The Balaban J connectivity index is 2.67. The standard InChI is InChI=1S/C17H28O2/c1-8-17(6,7)14-9-11-15(12-10-14)18-13(2)19-16(3,4)5/h9-13H,8H2,1-7H3. The second-order valence-electron chi connectivity index (χ2n) is 6.68. The second kappa shape index (κ2) is 5.96. The van der Waals surface area contributed by atoms with Gasteiger partial charge in [-0.15, -0.1) is 0 Å². The van der Waals surface area contributed by atoms with Crippen LogP contribution >= 0.6 is 0 Å². The quantitative estimate of drug-likeness (QED) is 0.703. The van der Waals surface area contributed by atoms with Gasteiger partial charge in [0, 0.05) is 0 Å². The van der Waals surface area contributed by atoms with Crippen LogP contribution in [0.15, 0.2) is 24.3 Å². The topological polar surface area (TPSA) is 18.5 Å². The molecule has 0 radical (unpaired) electrons. The monoisotopic (exact) mass is 264 g/mol. The third kappa shape index (κ3) is 5.23. The molecule has 108 valence electrons. The minimum absolute atomic E-state index is 0.191. The highest BCUT2D eigenvalue weighted by molar-refractivity contribution is 5.31. The highest BCUT2D eigenvalue weighted by atomic mass is 16.7. The van der Waals surface area contributed by atoms with Gasteiger partial charge in [-0.25, -0.2) is 0 Å². The minimum Gasteiger partial charge on any atom is -0.465 e. The van der Waals surface area contributed by atoms with E-state index in [4.69, 9.17) is 9.47 Å². The molecule has 1 unspecified atom stereocenters. The van der Waals surface area contributed by atoms with Crippen molar-refractivity contribution in [2.24, 2.45) is 0 Å². The Bertz CT molecular complexity index is 385. The van der Waals surface area contributed by atoms with E-state index in [9.17, 15) is 0 Å². The third-order valence-corrected chi connectivity index (χ3v) is 3.34. The molecule has 0 saturated heterocycles. The first-order chi connectivity index (χ1) is 8.64. The molecule has 2 nitrogen and oxygen atoms in total. The van der Waals surface area contributed by atoms with E-state index in [0.717, 1.165) is 12.2 Å². The van der Waals surface area contributed by atoms with Gasteiger partial charge in [0.15, 0.2) is 6.29 Å². The fraction of sp³-hybridized carbons (Fsp3) is 0.647. The van der Waals surface area contributed by atoms with Crippen molar-refractivity contribution in [1.29, 1.82) is 0 Å². The van der Waals surface area contributed by atoms with Crippen molar-refractivity contribution in [2.75, 3.05) is 0 Å². The van der Waals surface area contributed by atoms with Crippen molar-refractivity contribution >= 4 is 0 Å². The number of ether oxygens (including phenoxy) is 2. The van der Waals surface area contributed by atoms with Gasteiger partial charge in [-0.2, -0.15) is 0 Å². The fourth-order valence-electron chi connectivity index (χ4n) is 1.90. The first kappa shape index (κ1) is 16.0. The molecular weight excluding hydrogens is 236 g/mol. The molecule has 1 aromatic carbocycles. The van der Waals surface area contributed by atoms with E-state index in [0.29, 0.717) is 0 Å². The molecule has 19 heavy (non-hydrogen) atoms. The van der Waals surface area contributed by atoms with Crippen LogP contribution in [0.2, 0.25) is 0 Å². The van der Waals surface area contributed by atoms with Crippen LogP contribution in [0.25, 0.3) is 0 Å². The summed E-state index contributed by atoms with van der Waals surface area (Å²) in [7, 11) is 0. The van der Waals surface area contributed by atoms with Crippen molar-refractivity contribution in [3.8, 4) is 5.75 Å². The van der Waals surface area contributed by atoms with Gasteiger partial charge in [-0.05, 0) is 57.2 Å². The third-order valence-electron chi connectivity index (χ3n) is 3.34. The maximum absolute atomic E-state index is 5.77. The Labute approximate surface area is 118 Å². The lowest BCUT2D eigenvalue weighted by Gasteiger charge is -2.26. The van der Waals surface area contributed by atoms with E-state index < -0.39 is 0 Å². The van der Waals surface area contributed by atoms with Crippen LogP contribution in [0.4, 0.5) is 0 Å². The first-order valence-corrected chi connectivity index (χ1v) is 7.09. The second-order valence-corrected chi connectivity index (χ2v) is 6.68. The molecule has 1 aromatic rings. The van der Waals surface area contributed by atoms with Crippen LogP contribution in [0.5, 0.6) is 5.75 Å². The largest absolute Gasteiger partial charge is 0.465 e.